The highest BCUT2D eigenvalue weighted by atomic mass is 16.5. The number of anilines is 1. The highest BCUT2D eigenvalue weighted by Crippen LogP contribution is 2.23. The molecule has 2 aromatic rings. The lowest BCUT2D eigenvalue weighted by molar-refractivity contribution is 0.193. The zero-order valence-electron chi connectivity index (χ0n) is 11.9. The molecule has 1 aromatic heterocycles. The molecular formula is C16H21N3O. The van der Waals surface area contributed by atoms with E-state index in [1.807, 2.05) is 10.9 Å². The molecule has 0 radical (unpaired) electrons. The van der Waals surface area contributed by atoms with Crippen LogP contribution < -0.4 is 4.90 Å². The van der Waals surface area contributed by atoms with Crippen molar-refractivity contribution in [2.75, 3.05) is 18.1 Å². The Morgan fingerprint density at radius 3 is 2.85 bits per heavy atom. The quantitative estimate of drug-likeness (QED) is 0.837. The molecule has 0 N–H and O–H groups in total. The lowest BCUT2D eigenvalue weighted by Gasteiger charge is -2.29. The van der Waals surface area contributed by atoms with Crippen molar-refractivity contribution in [3.63, 3.8) is 0 Å². The topological polar surface area (TPSA) is 30.3 Å². The average Bonchev–Trinajstić information content (AvgIpc) is 3.17. The maximum absolute atomic E-state index is 5.56. The molecule has 106 valence electrons. The number of hydrogen-bond acceptors (Lipinski definition) is 3. The number of ether oxygens (including phenoxy) is 1. The summed E-state index contributed by atoms with van der Waals surface area (Å²) in [6.07, 6.45) is 5.18. The van der Waals surface area contributed by atoms with E-state index in [9.17, 15) is 0 Å². The second-order valence-electron chi connectivity index (χ2n) is 5.19. The van der Waals surface area contributed by atoms with Gasteiger partial charge >= 0.3 is 0 Å². The molecule has 4 heteroatoms. The van der Waals surface area contributed by atoms with Crippen LogP contribution in [0, 0.1) is 0 Å². The molecular weight excluding hydrogens is 250 g/mol. The Bertz CT molecular complexity index is 532. The molecule has 0 bridgehead atoms. The van der Waals surface area contributed by atoms with Crippen molar-refractivity contribution in [2.24, 2.45) is 0 Å². The van der Waals surface area contributed by atoms with E-state index in [-0.39, 0.29) is 0 Å². The molecule has 1 fully saturated rings. The van der Waals surface area contributed by atoms with Crippen LogP contribution in [0.2, 0.25) is 0 Å². The Balaban J connectivity index is 1.83. The summed E-state index contributed by atoms with van der Waals surface area (Å²) in [6.45, 7) is 5.59. The number of benzene rings is 1. The monoisotopic (exact) mass is 271 g/mol. The molecule has 0 saturated carbocycles. The van der Waals surface area contributed by atoms with Gasteiger partial charge in [0.1, 0.15) is 0 Å². The van der Waals surface area contributed by atoms with Crippen molar-refractivity contribution in [1.29, 1.82) is 0 Å². The van der Waals surface area contributed by atoms with Crippen LogP contribution in [0.4, 0.5) is 5.69 Å². The minimum atomic E-state index is 0.449. The number of aryl methyl sites for hydroxylation is 1. The zero-order chi connectivity index (χ0) is 13.8. The van der Waals surface area contributed by atoms with E-state index in [2.05, 4.69) is 53.5 Å². The van der Waals surface area contributed by atoms with Gasteiger partial charge in [0.2, 0.25) is 0 Å². The molecule has 1 saturated heterocycles. The van der Waals surface area contributed by atoms with Gasteiger partial charge in [0, 0.05) is 25.9 Å². The molecule has 0 aliphatic carbocycles. The van der Waals surface area contributed by atoms with Crippen LogP contribution in [0.25, 0.3) is 0 Å². The van der Waals surface area contributed by atoms with Gasteiger partial charge in [-0.15, -0.1) is 0 Å². The summed E-state index contributed by atoms with van der Waals surface area (Å²) < 4.78 is 7.54. The number of hydrogen-bond donors (Lipinski definition) is 0. The molecule has 20 heavy (non-hydrogen) atoms. The molecule has 1 atom stereocenters. The molecule has 1 aromatic carbocycles. The third kappa shape index (κ3) is 2.85. The molecule has 1 aliphatic heterocycles. The van der Waals surface area contributed by atoms with E-state index in [1.165, 1.54) is 11.3 Å². The predicted molar refractivity (Wildman–Crippen MR) is 79.8 cm³/mol. The van der Waals surface area contributed by atoms with Crippen LogP contribution in [0.5, 0.6) is 0 Å². The third-order valence-corrected chi connectivity index (χ3v) is 3.82. The highest BCUT2D eigenvalue weighted by molar-refractivity contribution is 5.45. The Morgan fingerprint density at radius 1 is 1.35 bits per heavy atom. The van der Waals surface area contributed by atoms with Gasteiger partial charge in [0.05, 0.1) is 24.5 Å². The normalized spacial score (nSPS) is 18.4. The fourth-order valence-electron chi connectivity index (χ4n) is 2.65. The first-order valence-corrected chi connectivity index (χ1v) is 7.27. The lowest BCUT2D eigenvalue weighted by Crippen LogP contribution is -2.35. The van der Waals surface area contributed by atoms with Gasteiger partial charge in [-0.2, -0.15) is 5.10 Å². The van der Waals surface area contributed by atoms with Crippen LogP contribution in [0.1, 0.15) is 18.9 Å². The first-order valence-electron chi connectivity index (χ1n) is 7.27. The van der Waals surface area contributed by atoms with Crippen molar-refractivity contribution in [3.8, 4) is 0 Å². The van der Waals surface area contributed by atoms with Crippen molar-refractivity contribution in [2.45, 2.75) is 32.5 Å². The summed E-state index contributed by atoms with van der Waals surface area (Å²) in [7, 11) is 0. The maximum atomic E-state index is 5.56. The van der Waals surface area contributed by atoms with Gasteiger partial charge in [-0.1, -0.05) is 30.3 Å². The maximum Gasteiger partial charge on any atom is 0.0758 e. The first-order chi connectivity index (χ1) is 9.86. The lowest BCUT2D eigenvalue weighted by atomic mass is 10.1. The molecule has 2 heterocycles. The summed E-state index contributed by atoms with van der Waals surface area (Å²) in [5, 5.41) is 4.40. The van der Waals surface area contributed by atoms with E-state index >= 15 is 0 Å². The summed E-state index contributed by atoms with van der Waals surface area (Å²) in [6, 6.07) is 11.0. The van der Waals surface area contributed by atoms with Crippen LogP contribution in [-0.2, 0) is 17.8 Å². The molecule has 4 nitrogen and oxygen atoms in total. The number of rotatable bonds is 5. The average molecular weight is 271 g/mol. The van der Waals surface area contributed by atoms with Crippen LogP contribution in [0.15, 0.2) is 42.7 Å². The summed E-state index contributed by atoms with van der Waals surface area (Å²) >= 11 is 0. The molecule has 1 aliphatic rings. The Hall–Kier alpha value is -1.81. The summed E-state index contributed by atoms with van der Waals surface area (Å²) in [5.74, 6) is 0. The summed E-state index contributed by atoms with van der Waals surface area (Å²) in [4.78, 5) is 2.42. The Labute approximate surface area is 120 Å². The van der Waals surface area contributed by atoms with Crippen LogP contribution >= 0.6 is 0 Å². The third-order valence-electron chi connectivity index (χ3n) is 3.82. The van der Waals surface area contributed by atoms with Crippen molar-refractivity contribution in [3.05, 3.63) is 48.3 Å². The predicted octanol–water partition coefficient (Wildman–Crippen LogP) is 2.70. The fraction of sp³-hybridized carbons (Fsp3) is 0.438. The van der Waals surface area contributed by atoms with Crippen LogP contribution in [0.3, 0.4) is 0 Å². The molecule has 0 unspecified atom stereocenters. The smallest absolute Gasteiger partial charge is 0.0758 e. The van der Waals surface area contributed by atoms with Crippen LogP contribution in [-0.4, -0.2) is 29.0 Å². The van der Waals surface area contributed by atoms with E-state index in [0.717, 1.165) is 32.7 Å². The largest absolute Gasteiger partial charge is 0.379 e. The highest BCUT2D eigenvalue weighted by Gasteiger charge is 2.24. The van der Waals surface area contributed by atoms with Crippen molar-refractivity contribution in [1.82, 2.24) is 9.78 Å². The minimum absolute atomic E-state index is 0.449. The second-order valence-corrected chi connectivity index (χ2v) is 5.19. The van der Waals surface area contributed by atoms with Gasteiger partial charge in [-0.05, 0) is 18.9 Å². The van der Waals surface area contributed by atoms with Gasteiger partial charge in [-0.3, -0.25) is 4.68 Å². The Kier molecular flexibility index (Phi) is 4.02. The fourth-order valence-corrected chi connectivity index (χ4v) is 2.65. The van der Waals surface area contributed by atoms with Crippen molar-refractivity contribution < 1.29 is 4.74 Å². The van der Waals surface area contributed by atoms with Gasteiger partial charge in [0.15, 0.2) is 0 Å². The van der Waals surface area contributed by atoms with E-state index in [0.29, 0.717) is 6.04 Å². The van der Waals surface area contributed by atoms with Crippen molar-refractivity contribution >= 4 is 5.69 Å². The molecule has 0 spiro atoms. The standard InChI is InChI=1S/C16H21N3O/c1-2-18-12-16(10-17-18)19(15-8-9-20-13-15)11-14-6-4-3-5-7-14/h3-7,10,12,15H,2,8-9,11,13H2,1H3/t15-/m0/s1. The molecule has 3 rings (SSSR count). The number of aromatic nitrogens is 2. The van der Waals surface area contributed by atoms with E-state index in [4.69, 9.17) is 4.74 Å². The van der Waals surface area contributed by atoms with E-state index < -0.39 is 0 Å². The second kappa shape index (κ2) is 6.09. The van der Waals surface area contributed by atoms with Gasteiger partial charge in [-0.25, -0.2) is 0 Å². The van der Waals surface area contributed by atoms with Gasteiger partial charge in [0.25, 0.3) is 0 Å². The van der Waals surface area contributed by atoms with Gasteiger partial charge < -0.3 is 9.64 Å². The SMILES string of the molecule is CCn1cc(N(Cc2ccccc2)[C@H]2CCOC2)cn1. The molecule has 0 amide bonds. The Morgan fingerprint density at radius 2 is 2.20 bits per heavy atom. The minimum Gasteiger partial charge on any atom is -0.379 e. The summed E-state index contributed by atoms with van der Waals surface area (Å²) in [5.41, 5.74) is 2.51. The zero-order valence-corrected chi connectivity index (χ0v) is 11.9. The first kappa shape index (κ1) is 13.2. The number of nitrogens with zero attached hydrogens (tertiary/aromatic N) is 3. The van der Waals surface area contributed by atoms with E-state index in [1.54, 1.807) is 0 Å².